The smallest absolute Gasteiger partial charge is 0.243 e. The SMILES string of the molecule is CC(C)NC(=NCC(=O)N(C)C)NC(C)c1ccc(Cl)cc1Cl.I. The highest BCUT2D eigenvalue weighted by Gasteiger charge is 2.13. The summed E-state index contributed by atoms with van der Waals surface area (Å²) in [5, 5.41) is 7.65. The maximum atomic E-state index is 11.7. The first-order valence-corrected chi connectivity index (χ1v) is 8.19. The molecule has 0 radical (unpaired) electrons. The number of amides is 1. The van der Waals surface area contributed by atoms with Gasteiger partial charge in [0.05, 0.1) is 6.04 Å². The van der Waals surface area contributed by atoms with Crippen molar-refractivity contribution in [1.29, 1.82) is 0 Å². The molecule has 0 saturated heterocycles. The van der Waals surface area contributed by atoms with E-state index in [0.717, 1.165) is 5.56 Å². The zero-order valence-electron chi connectivity index (χ0n) is 14.6. The van der Waals surface area contributed by atoms with Crippen LogP contribution >= 0.6 is 47.2 Å². The lowest BCUT2D eigenvalue weighted by Gasteiger charge is -2.21. The Hall–Kier alpha value is -0.730. The normalized spacial score (nSPS) is 12.4. The Balaban J connectivity index is 0.00000529. The van der Waals surface area contributed by atoms with Crippen LogP contribution in [0.3, 0.4) is 0 Å². The number of benzene rings is 1. The van der Waals surface area contributed by atoms with Gasteiger partial charge in [0.25, 0.3) is 0 Å². The van der Waals surface area contributed by atoms with Crippen LogP contribution in [0, 0.1) is 0 Å². The van der Waals surface area contributed by atoms with Crippen LogP contribution in [-0.4, -0.2) is 43.4 Å². The van der Waals surface area contributed by atoms with Gasteiger partial charge in [-0.1, -0.05) is 29.3 Å². The van der Waals surface area contributed by atoms with E-state index in [4.69, 9.17) is 23.2 Å². The van der Waals surface area contributed by atoms with Crippen molar-refractivity contribution in [1.82, 2.24) is 15.5 Å². The topological polar surface area (TPSA) is 56.7 Å². The molecule has 0 aliphatic heterocycles. The molecule has 1 rings (SSSR count). The van der Waals surface area contributed by atoms with Crippen LogP contribution < -0.4 is 10.6 Å². The Morgan fingerprint density at radius 1 is 1.21 bits per heavy atom. The van der Waals surface area contributed by atoms with Crippen LogP contribution in [0.5, 0.6) is 0 Å². The fraction of sp³-hybridized carbons (Fsp3) is 0.500. The zero-order chi connectivity index (χ0) is 17.6. The maximum absolute atomic E-state index is 11.7. The highest BCUT2D eigenvalue weighted by molar-refractivity contribution is 14.0. The molecule has 0 saturated carbocycles. The molecule has 1 atom stereocenters. The number of likely N-dealkylation sites (N-methyl/N-ethyl adjacent to an activating group) is 1. The van der Waals surface area contributed by atoms with E-state index in [2.05, 4.69) is 15.6 Å². The lowest BCUT2D eigenvalue weighted by Crippen LogP contribution is -2.43. The van der Waals surface area contributed by atoms with Crippen molar-refractivity contribution in [2.75, 3.05) is 20.6 Å². The van der Waals surface area contributed by atoms with Gasteiger partial charge in [0.15, 0.2) is 5.96 Å². The Bertz CT molecular complexity index is 579. The number of nitrogens with zero attached hydrogens (tertiary/aromatic N) is 2. The van der Waals surface area contributed by atoms with Crippen LogP contribution in [0.15, 0.2) is 23.2 Å². The molecule has 1 aromatic carbocycles. The Morgan fingerprint density at radius 2 is 1.83 bits per heavy atom. The second kappa shape index (κ2) is 11.0. The van der Waals surface area contributed by atoms with Gasteiger partial charge in [0, 0.05) is 30.2 Å². The van der Waals surface area contributed by atoms with E-state index in [-0.39, 0.29) is 48.5 Å². The predicted molar refractivity (Wildman–Crippen MR) is 113 cm³/mol. The van der Waals surface area contributed by atoms with E-state index in [1.54, 1.807) is 26.2 Å². The molecule has 0 heterocycles. The number of hydrogen-bond donors (Lipinski definition) is 2. The van der Waals surface area contributed by atoms with Gasteiger partial charge in [-0.2, -0.15) is 0 Å². The van der Waals surface area contributed by atoms with Gasteiger partial charge >= 0.3 is 0 Å². The summed E-state index contributed by atoms with van der Waals surface area (Å²) in [7, 11) is 3.41. The van der Waals surface area contributed by atoms with Gasteiger partial charge in [-0.25, -0.2) is 4.99 Å². The van der Waals surface area contributed by atoms with Crippen molar-refractivity contribution >= 4 is 59.0 Å². The third-order valence-corrected chi connectivity index (χ3v) is 3.64. The molecular weight excluding hydrogens is 462 g/mol. The molecule has 2 N–H and O–H groups in total. The molecule has 0 fully saturated rings. The summed E-state index contributed by atoms with van der Waals surface area (Å²) in [5.74, 6) is 0.501. The minimum Gasteiger partial charge on any atom is -0.354 e. The van der Waals surface area contributed by atoms with E-state index in [0.29, 0.717) is 16.0 Å². The highest BCUT2D eigenvalue weighted by atomic mass is 127. The number of carbonyl (C=O) groups is 1. The van der Waals surface area contributed by atoms with Gasteiger partial charge in [-0.3, -0.25) is 4.79 Å². The summed E-state index contributed by atoms with van der Waals surface area (Å²) >= 11 is 12.2. The average Bonchev–Trinajstić information content (AvgIpc) is 2.43. The van der Waals surface area contributed by atoms with Crippen LogP contribution in [0.1, 0.15) is 32.4 Å². The molecular formula is C16H25Cl2IN4O. The van der Waals surface area contributed by atoms with E-state index >= 15 is 0 Å². The second-order valence-corrected chi connectivity index (χ2v) is 6.63. The van der Waals surface area contributed by atoms with Gasteiger partial charge in [-0.05, 0) is 38.5 Å². The molecule has 0 aromatic heterocycles. The van der Waals surface area contributed by atoms with Crippen LogP contribution in [0.4, 0.5) is 0 Å². The average molecular weight is 487 g/mol. The molecule has 0 spiro atoms. The minimum absolute atomic E-state index is 0. The van der Waals surface area contributed by atoms with Crippen molar-refractivity contribution in [2.24, 2.45) is 4.99 Å². The predicted octanol–water partition coefficient (Wildman–Crippen LogP) is 3.70. The summed E-state index contributed by atoms with van der Waals surface area (Å²) < 4.78 is 0. The van der Waals surface area contributed by atoms with Crippen LogP contribution in [0.2, 0.25) is 10.0 Å². The number of guanidine groups is 1. The summed E-state index contributed by atoms with van der Waals surface area (Å²) in [6.45, 7) is 6.06. The van der Waals surface area contributed by atoms with Crippen molar-refractivity contribution < 1.29 is 4.79 Å². The summed E-state index contributed by atoms with van der Waals surface area (Å²) in [6, 6.07) is 5.48. The van der Waals surface area contributed by atoms with E-state index in [1.165, 1.54) is 4.90 Å². The third-order valence-electron chi connectivity index (χ3n) is 3.08. The van der Waals surface area contributed by atoms with Gasteiger partial charge in [-0.15, -0.1) is 24.0 Å². The molecule has 24 heavy (non-hydrogen) atoms. The molecule has 5 nitrogen and oxygen atoms in total. The standard InChI is InChI=1S/C16H24Cl2N4O.HI/c1-10(2)20-16(19-9-15(23)22(4)5)21-11(3)13-7-6-12(17)8-14(13)18;/h6-8,10-11H,9H2,1-5H3,(H2,19,20,21);1H. The summed E-state index contributed by atoms with van der Waals surface area (Å²) in [6.07, 6.45) is 0. The first kappa shape index (κ1) is 23.3. The zero-order valence-corrected chi connectivity index (χ0v) is 18.4. The number of nitrogens with one attached hydrogen (secondary N) is 2. The Labute approximate surface area is 171 Å². The van der Waals surface area contributed by atoms with Gasteiger partial charge in [0.2, 0.25) is 5.91 Å². The van der Waals surface area contributed by atoms with Gasteiger partial charge < -0.3 is 15.5 Å². The van der Waals surface area contributed by atoms with Crippen molar-refractivity contribution in [3.63, 3.8) is 0 Å². The third kappa shape index (κ3) is 7.90. The van der Waals surface area contributed by atoms with E-state index in [1.807, 2.05) is 26.8 Å². The molecule has 1 aromatic rings. The maximum Gasteiger partial charge on any atom is 0.243 e. The molecule has 8 heteroatoms. The molecule has 0 bridgehead atoms. The quantitative estimate of drug-likeness (QED) is 0.379. The largest absolute Gasteiger partial charge is 0.354 e. The van der Waals surface area contributed by atoms with Crippen LogP contribution in [0.25, 0.3) is 0 Å². The fourth-order valence-corrected chi connectivity index (χ4v) is 2.40. The number of halogens is 3. The van der Waals surface area contributed by atoms with Gasteiger partial charge in [0.1, 0.15) is 6.54 Å². The molecule has 1 unspecified atom stereocenters. The minimum atomic E-state index is -0.0841. The summed E-state index contributed by atoms with van der Waals surface area (Å²) in [5.41, 5.74) is 0.910. The second-order valence-electron chi connectivity index (χ2n) is 5.78. The number of aliphatic imine (C=N–C) groups is 1. The number of rotatable bonds is 5. The molecule has 136 valence electrons. The number of carbonyl (C=O) groups excluding carboxylic acids is 1. The van der Waals surface area contributed by atoms with Crippen molar-refractivity contribution in [3.05, 3.63) is 33.8 Å². The lowest BCUT2D eigenvalue weighted by atomic mass is 10.1. The lowest BCUT2D eigenvalue weighted by molar-refractivity contribution is -0.127. The molecule has 0 aliphatic carbocycles. The first-order chi connectivity index (χ1) is 10.7. The van der Waals surface area contributed by atoms with E-state index in [9.17, 15) is 4.79 Å². The monoisotopic (exact) mass is 486 g/mol. The van der Waals surface area contributed by atoms with E-state index < -0.39 is 0 Å². The van der Waals surface area contributed by atoms with Crippen LogP contribution in [-0.2, 0) is 4.79 Å². The number of hydrogen-bond acceptors (Lipinski definition) is 2. The highest BCUT2D eigenvalue weighted by Crippen LogP contribution is 2.25. The molecule has 1 amide bonds. The first-order valence-electron chi connectivity index (χ1n) is 7.43. The fourth-order valence-electron chi connectivity index (χ4n) is 1.83. The molecule has 0 aliphatic rings. The Morgan fingerprint density at radius 3 is 2.33 bits per heavy atom. The van der Waals surface area contributed by atoms with Crippen molar-refractivity contribution in [2.45, 2.75) is 32.9 Å². The Kier molecular flexibility index (Phi) is 10.7. The van der Waals surface area contributed by atoms with Crippen molar-refractivity contribution in [3.8, 4) is 0 Å². The summed E-state index contributed by atoms with van der Waals surface area (Å²) in [4.78, 5) is 17.5.